The van der Waals surface area contributed by atoms with Crippen molar-refractivity contribution in [3.63, 3.8) is 0 Å². The predicted molar refractivity (Wildman–Crippen MR) is 76.4 cm³/mol. The van der Waals surface area contributed by atoms with Gasteiger partial charge >= 0.3 is 0 Å². The fourth-order valence-corrected chi connectivity index (χ4v) is 1.97. The van der Waals surface area contributed by atoms with Gasteiger partial charge in [0, 0.05) is 18.7 Å². The zero-order valence-electron chi connectivity index (χ0n) is 12.1. The van der Waals surface area contributed by atoms with Crippen molar-refractivity contribution in [1.29, 1.82) is 0 Å². The van der Waals surface area contributed by atoms with Crippen molar-refractivity contribution < 1.29 is 4.79 Å². The fraction of sp³-hybridized carbons (Fsp3) is 0.533. The Kier molecular flexibility index (Phi) is 5.51. The first-order valence-corrected chi connectivity index (χ1v) is 6.40. The molecule has 0 aliphatic carbocycles. The van der Waals surface area contributed by atoms with E-state index in [4.69, 9.17) is 0 Å². The molecule has 0 heterocycles. The van der Waals surface area contributed by atoms with Crippen molar-refractivity contribution in [2.24, 2.45) is 0 Å². The summed E-state index contributed by atoms with van der Waals surface area (Å²) < 4.78 is 0. The summed E-state index contributed by atoms with van der Waals surface area (Å²) in [4.78, 5) is 14.3. The van der Waals surface area contributed by atoms with Gasteiger partial charge in [0.25, 0.3) is 0 Å². The minimum absolute atomic E-state index is 0.203. The van der Waals surface area contributed by atoms with Crippen LogP contribution in [0.3, 0.4) is 0 Å². The van der Waals surface area contributed by atoms with Crippen molar-refractivity contribution in [2.45, 2.75) is 20.8 Å². The Morgan fingerprint density at radius 1 is 1.17 bits per heavy atom. The SMILES string of the molecule is CNCCN(C)CC(=O)c1cc(C)c(C)cc1C. The molecule has 0 radical (unpaired) electrons. The van der Waals surface area contributed by atoms with Gasteiger partial charge in [0.2, 0.25) is 0 Å². The summed E-state index contributed by atoms with van der Waals surface area (Å²) in [5.41, 5.74) is 4.36. The van der Waals surface area contributed by atoms with Crippen molar-refractivity contribution in [3.8, 4) is 0 Å². The summed E-state index contributed by atoms with van der Waals surface area (Å²) >= 11 is 0. The van der Waals surface area contributed by atoms with Gasteiger partial charge in [0.1, 0.15) is 0 Å². The van der Waals surface area contributed by atoms with Crippen molar-refractivity contribution >= 4 is 5.78 Å². The number of hydrogen-bond acceptors (Lipinski definition) is 3. The van der Waals surface area contributed by atoms with E-state index in [1.54, 1.807) is 0 Å². The third-order valence-electron chi connectivity index (χ3n) is 3.30. The van der Waals surface area contributed by atoms with E-state index < -0.39 is 0 Å². The molecular formula is C15H24N2O. The number of hydrogen-bond donors (Lipinski definition) is 1. The maximum absolute atomic E-state index is 12.2. The molecule has 3 nitrogen and oxygen atoms in total. The smallest absolute Gasteiger partial charge is 0.177 e. The average molecular weight is 248 g/mol. The molecule has 0 aliphatic heterocycles. The van der Waals surface area contributed by atoms with Crippen LogP contribution >= 0.6 is 0 Å². The van der Waals surface area contributed by atoms with Crippen LogP contribution in [0.25, 0.3) is 0 Å². The molecule has 100 valence electrons. The number of likely N-dealkylation sites (N-methyl/N-ethyl adjacent to an activating group) is 2. The number of aryl methyl sites for hydroxylation is 3. The van der Waals surface area contributed by atoms with E-state index in [1.807, 2.05) is 32.0 Å². The quantitative estimate of drug-likeness (QED) is 0.781. The molecule has 0 amide bonds. The standard InChI is InChI=1S/C15H24N2O/c1-11-8-13(3)14(9-12(11)2)15(18)10-17(5)7-6-16-4/h8-9,16H,6-7,10H2,1-5H3. The molecule has 0 saturated heterocycles. The van der Waals surface area contributed by atoms with Crippen LogP contribution in [0.1, 0.15) is 27.0 Å². The number of carbonyl (C=O) groups excluding carboxylic acids is 1. The lowest BCUT2D eigenvalue weighted by atomic mass is 9.98. The van der Waals surface area contributed by atoms with Gasteiger partial charge in [-0.2, -0.15) is 0 Å². The molecule has 0 aromatic heterocycles. The zero-order valence-corrected chi connectivity index (χ0v) is 12.1. The zero-order chi connectivity index (χ0) is 13.7. The number of carbonyl (C=O) groups is 1. The molecule has 18 heavy (non-hydrogen) atoms. The monoisotopic (exact) mass is 248 g/mol. The summed E-state index contributed by atoms with van der Waals surface area (Å²) in [6, 6.07) is 4.11. The van der Waals surface area contributed by atoms with E-state index in [2.05, 4.69) is 25.2 Å². The van der Waals surface area contributed by atoms with E-state index >= 15 is 0 Å². The molecule has 1 rings (SSSR count). The summed E-state index contributed by atoms with van der Waals surface area (Å²) in [6.07, 6.45) is 0. The molecule has 1 aromatic rings. The van der Waals surface area contributed by atoms with Crippen LogP contribution in [0.5, 0.6) is 0 Å². The van der Waals surface area contributed by atoms with Gasteiger partial charge in [-0.05, 0) is 57.6 Å². The minimum atomic E-state index is 0.203. The second-order valence-electron chi connectivity index (χ2n) is 5.02. The Hall–Kier alpha value is -1.19. The van der Waals surface area contributed by atoms with Crippen molar-refractivity contribution in [1.82, 2.24) is 10.2 Å². The molecule has 0 bridgehead atoms. The first-order valence-electron chi connectivity index (χ1n) is 6.40. The summed E-state index contributed by atoms with van der Waals surface area (Å²) in [5.74, 6) is 0.203. The Labute approximate surface area is 110 Å². The molecule has 0 unspecified atom stereocenters. The highest BCUT2D eigenvalue weighted by molar-refractivity contribution is 5.99. The van der Waals surface area contributed by atoms with Crippen LogP contribution in [0.4, 0.5) is 0 Å². The first-order chi connectivity index (χ1) is 8.45. The average Bonchev–Trinajstić information content (AvgIpc) is 2.31. The van der Waals surface area contributed by atoms with Crippen molar-refractivity contribution in [2.75, 3.05) is 33.7 Å². The molecule has 0 atom stereocenters. The number of benzene rings is 1. The van der Waals surface area contributed by atoms with Crippen LogP contribution < -0.4 is 5.32 Å². The maximum atomic E-state index is 12.2. The number of Topliss-reactive ketones (excluding diaryl/α,β-unsaturated/α-hetero) is 1. The second kappa shape index (κ2) is 6.66. The van der Waals surface area contributed by atoms with Gasteiger partial charge < -0.3 is 5.32 Å². The van der Waals surface area contributed by atoms with Crippen LogP contribution in [-0.4, -0.2) is 44.4 Å². The number of rotatable bonds is 6. The minimum Gasteiger partial charge on any atom is -0.318 e. The number of nitrogens with one attached hydrogen (secondary N) is 1. The number of nitrogens with zero attached hydrogens (tertiary/aromatic N) is 1. The first kappa shape index (κ1) is 14.9. The molecule has 1 aromatic carbocycles. The molecule has 3 heteroatoms. The number of ketones is 1. The molecular weight excluding hydrogens is 224 g/mol. The lowest BCUT2D eigenvalue weighted by Gasteiger charge is -2.16. The van der Waals surface area contributed by atoms with Crippen molar-refractivity contribution in [3.05, 3.63) is 34.4 Å². The van der Waals surface area contributed by atoms with Crippen LogP contribution in [-0.2, 0) is 0 Å². The lowest BCUT2D eigenvalue weighted by molar-refractivity contribution is 0.0946. The van der Waals surface area contributed by atoms with E-state index in [0.29, 0.717) is 6.54 Å². The molecule has 0 aliphatic rings. The van der Waals surface area contributed by atoms with Gasteiger partial charge in [0.05, 0.1) is 6.54 Å². The maximum Gasteiger partial charge on any atom is 0.177 e. The van der Waals surface area contributed by atoms with E-state index in [9.17, 15) is 4.79 Å². The van der Waals surface area contributed by atoms with Crippen LogP contribution in [0.15, 0.2) is 12.1 Å². The predicted octanol–water partition coefficient (Wildman–Crippen LogP) is 1.95. The third kappa shape index (κ3) is 3.93. The molecule has 0 fully saturated rings. The summed E-state index contributed by atoms with van der Waals surface area (Å²) in [7, 11) is 3.90. The van der Waals surface area contributed by atoms with Gasteiger partial charge in [-0.1, -0.05) is 6.07 Å². The van der Waals surface area contributed by atoms with E-state index in [1.165, 1.54) is 11.1 Å². The fourth-order valence-electron chi connectivity index (χ4n) is 1.97. The van der Waals surface area contributed by atoms with Gasteiger partial charge in [0.15, 0.2) is 5.78 Å². The van der Waals surface area contributed by atoms with E-state index in [-0.39, 0.29) is 5.78 Å². The normalized spacial score (nSPS) is 11.0. The molecule has 0 saturated carbocycles. The topological polar surface area (TPSA) is 32.3 Å². The highest BCUT2D eigenvalue weighted by atomic mass is 16.1. The van der Waals surface area contributed by atoms with Gasteiger partial charge in [-0.25, -0.2) is 0 Å². The lowest BCUT2D eigenvalue weighted by Crippen LogP contribution is -2.32. The Morgan fingerprint density at radius 3 is 2.39 bits per heavy atom. The highest BCUT2D eigenvalue weighted by Gasteiger charge is 2.12. The summed E-state index contributed by atoms with van der Waals surface area (Å²) in [5, 5.41) is 3.09. The van der Waals surface area contributed by atoms with E-state index in [0.717, 1.165) is 24.2 Å². The van der Waals surface area contributed by atoms with Gasteiger partial charge in [-0.15, -0.1) is 0 Å². The molecule has 1 N–H and O–H groups in total. The third-order valence-corrected chi connectivity index (χ3v) is 3.30. The highest BCUT2D eigenvalue weighted by Crippen LogP contribution is 2.16. The Balaban J connectivity index is 2.75. The second-order valence-corrected chi connectivity index (χ2v) is 5.02. The summed E-state index contributed by atoms with van der Waals surface area (Å²) in [6.45, 7) is 8.39. The van der Waals surface area contributed by atoms with Crippen LogP contribution in [0.2, 0.25) is 0 Å². The Bertz CT molecular complexity index is 427. The Morgan fingerprint density at radius 2 is 1.78 bits per heavy atom. The van der Waals surface area contributed by atoms with Crippen LogP contribution in [0, 0.1) is 20.8 Å². The largest absolute Gasteiger partial charge is 0.318 e. The van der Waals surface area contributed by atoms with Gasteiger partial charge in [-0.3, -0.25) is 9.69 Å². The molecule has 0 spiro atoms.